The number of benzene rings is 2. The summed E-state index contributed by atoms with van der Waals surface area (Å²) in [5.41, 5.74) is 3.50. The molecule has 3 heterocycles. The third kappa shape index (κ3) is 4.00. The molecule has 2 aromatic carbocycles. The third-order valence-corrected chi connectivity index (χ3v) is 6.23. The van der Waals surface area contributed by atoms with E-state index >= 15 is 0 Å². The predicted octanol–water partition coefficient (Wildman–Crippen LogP) is 2.52. The number of anilines is 1. The highest BCUT2D eigenvalue weighted by Gasteiger charge is 2.23. The molecule has 1 fully saturated rings. The summed E-state index contributed by atoms with van der Waals surface area (Å²) in [5.74, 6) is 0.875. The Morgan fingerprint density at radius 3 is 2.36 bits per heavy atom. The maximum absolute atomic E-state index is 13.2. The first-order chi connectivity index (χ1) is 16.0. The molecule has 1 aliphatic rings. The highest BCUT2D eigenvalue weighted by Crippen LogP contribution is 2.20. The van der Waals surface area contributed by atoms with Crippen LogP contribution in [0, 0.1) is 13.8 Å². The molecule has 33 heavy (non-hydrogen) atoms. The minimum absolute atomic E-state index is 0.0109. The van der Waals surface area contributed by atoms with Crippen molar-refractivity contribution in [3.8, 4) is 11.4 Å². The number of hydrogen-bond donors (Lipinski definition) is 0. The number of amides is 1. The Balaban J connectivity index is 1.39. The third-order valence-electron chi connectivity index (χ3n) is 6.23. The summed E-state index contributed by atoms with van der Waals surface area (Å²) >= 11 is 0. The molecule has 0 N–H and O–H groups in total. The lowest BCUT2D eigenvalue weighted by Gasteiger charge is -2.36. The second-order valence-electron chi connectivity index (χ2n) is 8.38. The Morgan fingerprint density at radius 1 is 0.939 bits per heavy atom. The summed E-state index contributed by atoms with van der Waals surface area (Å²) in [6.07, 6.45) is 0. The summed E-state index contributed by atoms with van der Waals surface area (Å²) in [5, 5.41) is 4.45. The quantitative estimate of drug-likeness (QED) is 0.486. The summed E-state index contributed by atoms with van der Waals surface area (Å²) in [6, 6.07) is 19.5. The van der Waals surface area contributed by atoms with Gasteiger partial charge in [-0.2, -0.15) is 9.50 Å². The number of carbonyl (C=O) groups is 1. The van der Waals surface area contributed by atoms with Crippen LogP contribution in [-0.2, 0) is 11.3 Å². The van der Waals surface area contributed by atoms with Crippen molar-refractivity contribution < 1.29 is 4.79 Å². The largest absolute Gasteiger partial charge is 0.368 e. The van der Waals surface area contributed by atoms with Crippen LogP contribution in [0.2, 0.25) is 0 Å². The van der Waals surface area contributed by atoms with Gasteiger partial charge in [0.25, 0.3) is 5.56 Å². The molecule has 1 saturated heterocycles. The second kappa shape index (κ2) is 8.54. The van der Waals surface area contributed by atoms with E-state index in [1.54, 1.807) is 4.57 Å². The maximum Gasteiger partial charge on any atom is 0.275 e. The van der Waals surface area contributed by atoms with Crippen molar-refractivity contribution in [3.63, 3.8) is 0 Å². The van der Waals surface area contributed by atoms with Crippen LogP contribution in [0.5, 0.6) is 0 Å². The minimum Gasteiger partial charge on any atom is -0.368 e. The van der Waals surface area contributed by atoms with Gasteiger partial charge in [-0.3, -0.25) is 9.59 Å². The van der Waals surface area contributed by atoms with Gasteiger partial charge in [-0.15, -0.1) is 5.10 Å². The fraction of sp³-hybridized carbons (Fsp3) is 0.280. The molecule has 168 valence electrons. The number of rotatable bonds is 4. The van der Waals surface area contributed by atoms with Crippen LogP contribution in [-0.4, -0.2) is 56.2 Å². The smallest absolute Gasteiger partial charge is 0.275 e. The number of aromatic nitrogens is 4. The van der Waals surface area contributed by atoms with Gasteiger partial charge in [0.2, 0.25) is 11.7 Å². The lowest BCUT2D eigenvalue weighted by Crippen LogP contribution is -2.49. The molecule has 0 bridgehead atoms. The molecular formula is C25H26N6O2. The average Bonchev–Trinajstić information content (AvgIpc) is 3.28. The van der Waals surface area contributed by atoms with E-state index in [1.165, 1.54) is 16.3 Å². The van der Waals surface area contributed by atoms with Crippen LogP contribution in [0.3, 0.4) is 0 Å². The van der Waals surface area contributed by atoms with Gasteiger partial charge in [-0.05, 0) is 31.5 Å². The number of aryl methyl sites for hydroxylation is 2. The first-order valence-corrected chi connectivity index (χ1v) is 11.1. The van der Waals surface area contributed by atoms with Crippen LogP contribution in [0.25, 0.3) is 17.2 Å². The molecule has 2 aromatic heterocycles. The van der Waals surface area contributed by atoms with Crippen LogP contribution >= 0.6 is 0 Å². The molecule has 8 nitrogen and oxygen atoms in total. The van der Waals surface area contributed by atoms with E-state index < -0.39 is 0 Å². The molecule has 0 saturated carbocycles. The van der Waals surface area contributed by atoms with Crippen molar-refractivity contribution in [1.29, 1.82) is 0 Å². The van der Waals surface area contributed by atoms with Gasteiger partial charge in [0.15, 0.2) is 5.82 Å². The fourth-order valence-corrected chi connectivity index (χ4v) is 4.32. The Kier molecular flexibility index (Phi) is 5.42. The Hall–Kier alpha value is -3.94. The number of fused-ring (bicyclic) bond motifs is 1. The predicted molar refractivity (Wildman–Crippen MR) is 127 cm³/mol. The van der Waals surface area contributed by atoms with Gasteiger partial charge in [0, 0.05) is 49.2 Å². The van der Waals surface area contributed by atoms with Crippen molar-refractivity contribution in [2.75, 3.05) is 31.1 Å². The van der Waals surface area contributed by atoms with Crippen molar-refractivity contribution in [2.24, 2.45) is 0 Å². The van der Waals surface area contributed by atoms with Gasteiger partial charge >= 0.3 is 0 Å². The highest BCUT2D eigenvalue weighted by atomic mass is 16.2. The molecule has 0 spiro atoms. The lowest BCUT2D eigenvalue weighted by atomic mass is 10.1. The van der Waals surface area contributed by atoms with Gasteiger partial charge in [0.1, 0.15) is 6.54 Å². The van der Waals surface area contributed by atoms with E-state index in [2.05, 4.69) is 27.1 Å². The normalized spacial score (nSPS) is 14.1. The monoisotopic (exact) mass is 442 g/mol. The van der Waals surface area contributed by atoms with E-state index in [0.717, 1.165) is 24.2 Å². The molecule has 0 aliphatic carbocycles. The zero-order chi connectivity index (χ0) is 22.9. The number of carbonyl (C=O) groups excluding carboxylic acids is 1. The summed E-state index contributed by atoms with van der Waals surface area (Å²) < 4.78 is 3.07. The van der Waals surface area contributed by atoms with Crippen molar-refractivity contribution in [3.05, 3.63) is 82.3 Å². The molecule has 1 aliphatic heterocycles. The number of hydrogen-bond acceptors (Lipinski definition) is 5. The van der Waals surface area contributed by atoms with Crippen molar-refractivity contribution in [2.45, 2.75) is 20.4 Å². The SMILES string of the molecule is Cc1ccccc1-c1nc2n(CC(=O)N3CCN(c4ccccc4)CC3)c(C)cc(=O)n2n1. The molecule has 0 unspecified atom stereocenters. The van der Waals surface area contributed by atoms with Gasteiger partial charge in [-0.1, -0.05) is 42.5 Å². The molecule has 4 aromatic rings. The Morgan fingerprint density at radius 2 is 1.64 bits per heavy atom. The molecular weight excluding hydrogens is 416 g/mol. The molecule has 1 amide bonds. The van der Waals surface area contributed by atoms with Crippen molar-refractivity contribution >= 4 is 17.4 Å². The van der Waals surface area contributed by atoms with E-state index in [0.29, 0.717) is 30.4 Å². The summed E-state index contributed by atoms with van der Waals surface area (Å²) in [7, 11) is 0. The van der Waals surface area contributed by atoms with Crippen LogP contribution < -0.4 is 10.5 Å². The number of nitrogens with zero attached hydrogens (tertiary/aromatic N) is 6. The first-order valence-electron chi connectivity index (χ1n) is 11.1. The van der Waals surface area contributed by atoms with Crippen LogP contribution in [0.4, 0.5) is 5.69 Å². The summed E-state index contributed by atoms with van der Waals surface area (Å²) in [6.45, 7) is 6.82. The van der Waals surface area contributed by atoms with Crippen molar-refractivity contribution in [1.82, 2.24) is 24.1 Å². The first kappa shape index (κ1) is 20.9. The highest BCUT2D eigenvalue weighted by molar-refractivity contribution is 5.77. The van der Waals surface area contributed by atoms with E-state index in [1.807, 2.05) is 61.2 Å². The van der Waals surface area contributed by atoms with E-state index in [9.17, 15) is 9.59 Å². The van der Waals surface area contributed by atoms with E-state index in [4.69, 9.17) is 0 Å². The molecule has 8 heteroatoms. The minimum atomic E-state index is -0.255. The Bertz CT molecular complexity index is 1370. The number of para-hydroxylation sites is 1. The molecule has 5 rings (SSSR count). The summed E-state index contributed by atoms with van der Waals surface area (Å²) in [4.78, 5) is 34.6. The van der Waals surface area contributed by atoms with Gasteiger partial charge in [0.05, 0.1) is 0 Å². The number of piperazine rings is 1. The molecule has 0 radical (unpaired) electrons. The maximum atomic E-state index is 13.2. The molecule has 0 atom stereocenters. The fourth-order valence-electron chi connectivity index (χ4n) is 4.32. The standard InChI is InChI=1S/C25H26N6O2/c1-18-8-6-7-11-21(18)24-26-25-30(19(2)16-22(32)31(25)27-24)17-23(33)29-14-12-28(13-15-29)20-9-4-3-5-10-20/h3-11,16H,12-15,17H2,1-2H3. The van der Waals surface area contributed by atoms with E-state index in [-0.39, 0.29) is 18.0 Å². The topological polar surface area (TPSA) is 75.7 Å². The zero-order valence-corrected chi connectivity index (χ0v) is 18.8. The van der Waals surface area contributed by atoms with Crippen LogP contribution in [0.15, 0.2) is 65.5 Å². The Labute approximate surface area is 191 Å². The second-order valence-corrected chi connectivity index (χ2v) is 8.38. The van der Waals surface area contributed by atoms with Crippen LogP contribution in [0.1, 0.15) is 11.3 Å². The van der Waals surface area contributed by atoms with Gasteiger partial charge in [-0.25, -0.2) is 0 Å². The van der Waals surface area contributed by atoms with Gasteiger partial charge < -0.3 is 14.4 Å². The zero-order valence-electron chi connectivity index (χ0n) is 18.8. The lowest BCUT2D eigenvalue weighted by molar-refractivity contribution is -0.132. The average molecular weight is 443 g/mol.